The monoisotopic (exact) mass is 518 g/mol. The smallest absolute Gasteiger partial charge is 0.216 e. The quantitative estimate of drug-likeness (QED) is 0.213. The van der Waals surface area contributed by atoms with E-state index >= 15 is 4.39 Å². The minimum atomic E-state index is -2.37. The molecule has 0 bridgehead atoms. The van der Waals surface area contributed by atoms with Crippen LogP contribution in [-0.4, -0.2) is 0 Å². The van der Waals surface area contributed by atoms with E-state index in [9.17, 15) is 0 Å². The highest BCUT2D eigenvalue weighted by molar-refractivity contribution is 6.13. The average molecular weight is 519 g/mol. The Morgan fingerprint density at radius 3 is 2.21 bits per heavy atom. The zero-order valence-electron chi connectivity index (χ0n) is 26.8. The first-order valence-electron chi connectivity index (χ1n) is 15.1. The summed E-state index contributed by atoms with van der Waals surface area (Å²) in [6.07, 6.45) is 0.0650. The number of furan rings is 1. The molecule has 0 radical (unpaired) electrons. The van der Waals surface area contributed by atoms with Gasteiger partial charge in [0, 0.05) is 27.0 Å². The van der Waals surface area contributed by atoms with Crippen molar-refractivity contribution >= 4 is 21.9 Å². The van der Waals surface area contributed by atoms with Gasteiger partial charge in [-0.15, -0.1) is 0 Å². The summed E-state index contributed by atoms with van der Waals surface area (Å²) in [6, 6.07) is 26.3. The zero-order valence-corrected chi connectivity index (χ0v) is 22.8. The highest BCUT2D eigenvalue weighted by atomic mass is 19.1. The van der Waals surface area contributed by atoms with Crippen molar-refractivity contribution in [2.45, 2.75) is 40.0 Å². The number of hydrogen-bond donors (Lipinski definition) is 0. The van der Waals surface area contributed by atoms with E-state index in [-0.39, 0.29) is 17.2 Å². The molecule has 0 fully saturated rings. The Bertz CT molecular complexity index is 2030. The van der Waals surface area contributed by atoms with Crippen LogP contribution in [0.5, 0.6) is 0 Å². The fraction of sp³-hybridized carbons (Fsp3) is 0.194. The van der Waals surface area contributed by atoms with Crippen LogP contribution in [-0.2, 0) is 12.5 Å². The van der Waals surface area contributed by atoms with E-state index in [1.54, 1.807) is 23.7 Å². The van der Waals surface area contributed by atoms with Gasteiger partial charge in [-0.25, -0.2) is 8.96 Å². The first-order chi connectivity index (χ1) is 20.2. The van der Waals surface area contributed by atoms with Crippen LogP contribution in [0.4, 0.5) is 4.39 Å². The fourth-order valence-electron chi connectivity index (χ4n) is 5.34. The van der Waals surface area contributed by atoms with Gasteiger partial charge in [-0.3, -0.25) is 0 Å². The largest absolute Gasteiger partial charge is 0.454 e. The summed E-state index contributed by atoms with van der Waals surface area (Å²) in [5.41, 5.74) is 7.46. The van der Waals surface area contributed by atoms with Gasteiger partial charge >= 0.3 is 0 Å². The van der Waals surface area contributed by atoms with E-state index in [0.29, 0.717) is 33.6 Å². The highest BCUT2D eigenvalue weighted by Gasteiger charge is 2.23. The number of aryl methyl sites for hydroxylation is 2. The molecule has 0 aliphatic rings. The van der Waals surface area contributed by atoms with Gasteiger partial charge in [-0.2, -0.15) is 0 Å². The van der Waals surface area contributed by atoms with Crippen molar-refractivity contribution in [3.8, 4) is 33.5 Å². The molecule has 2 aromatic heterocycles. The van der Waals surface area contributed by atoms with Gasteiger partial charge in [0.25, 0.3) is 0 Å². The maximum atomic E-state index is 15.7. The third-order valence-electron chi connectivity index (χ3n) is 7.53. The summed E-state index contributed by atoms with van der Waals surface area (Å²) in [5, 5.41) is 1.55. The highest BCUT2D eigenvalue weighted by Crippen LogP contribution is 2.42. The van der Waals surface area contributed by atoms with Crippen molar-refractivity contribution in [1.82, 2.24) is 0 Å². The molecular weight excluding hydrogens is 481 g/mol. The summed E-state index contributed by atoms with van der Waals surface area (Å²) < 4.78 is 56.2. The molecule has 194 valence electrons. The summed E-state index contributed by atoms with van der Waals surface area (Å²) in [7, 11) is 1.73. The fourth-order valence-corrected chi connectivity index (χ4v) is 5.34. The Kier molecular flexibility index (Phi) is 4.88. The molecule has 6 aromatic rings. The maximum Gasteiger partial charge on any atom is 0.216 e. The van der Waals surface area contributed by atoms with Crippen LogP contribution in [0.3, 0.4) is 0 Å². The number of fused-ring (bicyclic) bond motifs is 3. The molecule has 3 heteroatoms. The lowest BCUT2D eigenvalue weighted by Crippen LogP contribution is -2.30. The van der Waals surface area contributed by atoms with Crippen LogP contribution in [0.15, 0.2) is 95.5 Å². The van der Waals surface area contributed by atoms with Gasteiger partial charge in [-0.1, -0.05) is 75.4 Å². The molecule has 2 nitrogen and oxygen atoms in total. The van der Waals surface area contributed by atoms with Crippen molar-refractivity contribution < 1.29 is 18.9 Å². The predicted octanol–water partition coefficient (Wildman–Crippen LogP) is 9.46. The lowest BCUT2D eigenvalue weighted by Gasteiger charge is -2.19. The molecule has 2 heterocycles. The number of aromatic nitrogens is 1. The molecule has 0 atom stereocenters. The molecule has 6 rings (SSSR count). The summed E-state index contributed by atoms with van der Waals surface area (Å²) in [6.45, 7) is 6.10. The zero-order chi connectivity index (χ0) is 30.8. The first kappa shape index (κ1) is 20.7. The summed E-state index contributed by atoms with van der Waals surface area (Å²) in [4.78, 5) is 0. The second-order valence-corrected chi connectivity index (χ2v) is 11.3. The Hall–Kier alpha value is -4.24. The van der Waals surface area contributed by atoms with Gasteiger partial charge < -0.3 is 4.42 Å². The molecule has 0 spiro atoms. The topological polar surface area (TPSA) is 17.0 Å². The molecule has 0 unspecified atom stereocenters. The normalized spacial score (nSPS) is 13.8. The average Bonchev–Trinajstić information content (AvgIpc) is 3.32. The Morgan fingerprint density at radius 1 is 0.795 bits per heavy atom. The van der Waals surface area contributed by atoms with Crippen LogP contribution < -0.4 is 4.57 Å². The van der Waals surface area contributed by atoms with Crippen LogP contribution in [0, 0.1) is 19.6 Å². The number of halogens is 1. The molecular formula is C36H33FNO+. The third kappa shape index (κ3) is 4.32. The molecule has 0 saturated carbocycles. The minimum absolute atomic E-state index is 0.0466. The second kappa shape index (κ2) is 9.20. The molecule has 4 aromatic carbocycles. The van der Waals surface area contributed by atoms with Gasteiger partial charge in [0.15, 0.2) is 6.17 Å². The number of nitrogens with zero attached hydrogens (tertiary/aromatic N) is 1. The Morgan fingerprint density at radius 2 is 1.49 bits per heavy atom. The number of hydrogen-bond acceptors (Lipinski definition) is 1. The Balaban J connectivity index is 1.57. The van der Waals surface area contributed by atoms with E-state index in [4.69, 9.17) is 9.90 Å². The maximum absolute atomic E-state index is 15.7. The van der Waals surface area contributed by atoms with E-state index in [0.717, 1.165) is 27.5 Å². The Labute approximate surface area is 235 Å². The lowest BCUT2D eigenvalue weighted by atomic mass is 9.86. The van der Waals surface area contributed by atoms with Crippen LogP contribution in [0.2, 0.25) is 0 Å². The minimum Gasteiger partial charge on any atom is -0.454 e. The van der Waals surface area contributed by atoms with E-state index < -0.39 is 12.7 Å². The molecule has 39 heavy (non-hydrogen) atoms. The summed E-state index contributed by atoms with van der Waals surface area (Å²) in [5.74, 6) is -0.395. The van der Waals surface area contributed by atoms with E-state index in [1.165, 1.54) is 17.7 Å². The first-order valence-corrected chi connectivity index (χ1v) is 13.1. The van der Waals surface area contributed by atoms with Crippen LogP contribution >= 0.6 is 0 Å². The van der Waals surface area contributed by atoms with Crippen molar-refractivity contribution in [3.63, 3.8) is 0 Å². The molecule has 0 N–H and O–H groups in total. The number of benzene rings is 4. The third-order valence-corrected chi connectivity index (χ3v) is 7.53. The van der Waals surface area contributed by atoms with Crippen molar-refractivity contribution in [1.29, 1.82) is 0 Å². The number of rotatable bonds is 3. The molecule has 0 amide bonds. The lowest BCUT2D eigenvalue weighted by molar-refractivity contribution is -0.660. The standard InChI is InChI=1S/C36H33FNO/c1-22-18-19-38(6)31(20-22)32-23(2)10-15-28-29-16-17-30(37)33(35(29)39-34(28)32)26-9-7-8-25(21-26)24-11-13-27(14-12-24)36(3,4)5/h7-21H,1-6H3/q+1/i1D3,19D. The second-order valence-electron chi connectivity index (χ2n) is 11.3. The van der Waals surface area contributed by atoms with Gasteiger partial charge in [0.05, 0.1) is 11.1 Å². The van der Waals surface area contributed by atoms with Gasteiger partial charge in [0.2, 0.25) is 5.69 Å². The van der Waals surface area contributed by atoms with Gasteiger partial charge in [-0.05, 0) is 70.8 Å². The number of pyridine rings is 1. The summed E-state index contributed by atoms with van der Waals surface area (Å²) >= 11 is 0. The van der Waals surface area contributed by atoms with Crippen LogP contribution in [0.25, 0.3) is 55.4 Å². The molecule has 0 saturated heterocycles. The predicted molar refractivity (Wildman–Crippen MR) is 159 cm³/mol. The van der Waals surface area contributed by atoms with Gasteiger partial charge in [0.1, 0.15) is 25.4 Å². The van der Waals surface area contributed by atoms with Crippen molar-refractivity contribution in [3.05, 3.63) is 114 Å². The SMILES string of the molecule is [2H]c1cc(C([2H])([2H])[2H])cc(-c2c(C)ccc3c2oc2c(-c4cccc(-c5ccc(C(C)(C)C)cc5)c4)c(F)ccc23)[n+]1C. The van der Waals surface area contributed by atoms with Crippen molar-refractivity contribution in [2.75, 3.05) is 0 Å². The van der Waals surface area contributed by atoms with Crippen LogP contribution in [0.1, 0.15) is 42.9 Å². The van der Waals surface area contributed by atoms with Crippen molar-refractivity contribution in [2.24, 2.45) is 7.05 Å². The van der Waals surface area contributed by atoms with E-state index in [2.05, 4.69) is 45.0 Å². The van der Waals surface area contributed by atoms with E-state index in [1.807, 2.05) is 43.3 Å². The molecule has 0 aliphatic carbocycles. The molecule has 0 aliphatic heterocycles.